The fourth-order valence-electron chi connectivity index (χ4n) is 1.78. The molecule has 1 aliphatic carbocycles. The minimum absolute atomic E-state index is 0.167. The van der Waals surface area contributed by atoms with Gasteiger partial charge in [0.1, 0.15) is 15.5 Å². The number of rotatable bonds is 4. The van der Waals surface area contributed by atoms with Gasteiger partial charge in [-0.2, -0.15) is 0 Å². The maximum absolute atomic E-state index is 12.0. The molecule has 1 aromatic rings. The second-order valence-corrected chi connectivity index (χ2v) is 6.47. The molecule has 0 aromatic heterocycles. The van der Waals surface area contributed by atoms with Crippen LogP contribution in [-0.2, 0) is 4.79 Å². The molecule has 0 spiro atoms. The lowest BCUT2D eigenvalue weighted by Gasteiger charge is -2.11. The average Bonchev–Trinajstić information content (AvgIpc) is 2.91. The fraction of sp³-hybridized carbons (Fsp3) is 0.429. The standard InChI is InChI=1S/C14H15Cl2NO3/c1-3-17-11(18)9-4-6-10(7-5-9)20-12(19)13(2)8-14(13,15)16/h4-7H,3,8H2,1-2H3,(H,17,18)/t13-/m1/s1. The minimum Gasteiger partial charge on any atom is -0.426 e. The van der Waals surface area contributed by atoms with Gasteiger partial charge in [-0.25, -0.2) is 0 Å². The molecule has 1 N–H and O–H groups in total. The van der Waals surface area contributed by atoms with Crippen molar-refractivity contribution >= 4 is 35.1 Å². The van der Waals surface area contributed by atoms with E-state index in [1.165, 1.54) is 0 Å². The quantitative estimate of drug-likeness (QED) is 0.528. The summed E-state index contributed by atoms with van der Waals surface area (Å²) in [6.07, 6.45) is 0.374. The van der Waals surface area contributed by atoms with Gasteiger partial charge in [0.15, 0.2) is 0 Å². The van der Waals surface area contributed by atoms with Gasteiger partial charge in [0, 0.05) is 18.5 Å². The SMILES string of the molecule is CCNC(=O)c1ccc(OC(=O)[C@@]2(C)CC2(Cl)Cl)cc1. The maximum Gasteiger partial charge on any atom is 0.320 e. The second kappa shape index (κ2) is 5.26. The summed E-state index contributed by atoms with van der Waals surface area (Å²) in [4.78, 5) is 23.5. The number of carbonyl (C=O) groups is 2. The molecule has 0 saturated heterocycles. The molecule has 0 unspecified atom stereocenters. The van der Waals surface area contributed by atoms with Crippen LogP contribution in [0, 0.1) is 5.41 Å². The first-order chi connectivity index (χ1) is 9.30. The molecule has 20 heavy (non-hydrogen) atoms. The summed E-state index contributed by atoms with van der Waals surface area (Å²) >= 11 is 11.8. The predicted molar refractivity (Wildman–Crippen MR) is 77.2 cm³/mol. The Balaban J connectivity index is 2.01. The Morgan fingerprint density at radius 1 is 1.30 bits per heavy atom. The zero-order chi connectivity index (χ0) is 15.0. The summed E-state index contributed by atoms with van der Waals surface area (Å²) in [6.45, 7) is 4.06. The lowest BCUT2D eigenvalue weighted by Crippen LogP contribution is -2.24. The van der Waals surface area contributed by atoms with Crippen LogP contribution in [0.4, 0.5) is 0 Å². The zero-order valence-electron chi connectivity index (χ0n) is 11.2. The Bertz CT molecular complexity index is 542. The minimum atomic E-state index is -1.05. The highest BCUT2D eigenvalue weighted by Gasteiger charge is 2.69. The van der Waals surface area contributed by atoms with Crippen LogP contribution in [0.5, 0.6) is 5.75 Å². The van der Waals surface area contributed by atoms with Crippen LogP contribution in [0.25, 0.3) is 0 Å². The van der Waals surface area contributed by atoms with E-state index in [9.17, 15) is 9.59 Å². The molecule has 1 fully saturated rings. The lowest BCUT2D eigenvalue weighted by molar-refractivity contribution is -0.139. The third kappa shape index (κ3) is 2.76. The molecule has 0 radical (unpaired) electrons. The van der Waals surface area contributed by atoms with E-state index < -0.39 is 15.7 Å². The first-order valence-corrected chi connectivity index (χ1v) is 7.04. The topological polar surface area (TPSA) is 55.4 Å². The molecular weight excluding hydrogens is 301 g/mol. The van der Waals surface area contributed by atoms with E-state index in [2.05, 4.69) is 5.32 Å². The Labute approximate surface area is 127 Å². The van der Waals surface area contributed by atoms with Crippen molar-refractivity contribution in [3.8, 4) is 5.75 Å². The predicted octanol–water partition coefficient (Wildman–Crippen LogP) is 2.93. The van der Waals surface area contributed by atoms with Crippen LogP contribution in [0.15, 0.2) is 24.3 Å². The Kier molecular flexibility index (Phi) is 3.98. The van der Waals surface area contributed by atoms with Gasteiger partial charge in [-0.3, -0.25) is 9.59 Å². The number of ether oxygens (including phenoxy) is 1. The number of halogens is 2. The molecule has 0 bridgehead atoms. The molecule has 1 atom stereocenters. The largest absolute Gasteiger partial charge is 0.426 e. The highest BCUT2D eigenvalue weighted by molar-refractivity contribution is 6.53. The molecule has 2 rings (SSSR count). The molecule has 6 heteroatoms. The van der Waals surface area contributed by atoms with Crippen LogP contribution in [0.2, 0.25) is 0 Å². The van der Waals surface area contributed by atoms with Crippen LogP contribution in [0.3, 0.4) is 0 Å². The Hall–Kier alpha value is -1.26. The van der Waals surface area contributed by atoms with E-state index in [1.54, 1.807) is 31.2 Å². The Morgan fingerprint density at radius 2 is 1.85 bits per heavy atom. The number of hydrogen-bond acceptors (Lipinski definition) is 3. The summed E-state index contributed by atoms with van der Waals surface area (Å²) in [6, 6.07) is 6.33. The van der Waals surface area contributed by atoms with Crippen molar-refractivity contribution in [2.75, 3.05) is 6.54 Å². The molecule has 1 aromatic carbocycles. The van der Waals surface area contributed by atoms with E-state index in [-0.39, 0.29) is 5.91 Å². The fourth-order valence-corrected chi connectivity index (χ4v) is 2.47. The van der Waals surface area contributed by atoms with Gasteiger partial charge < -0.3 is 10.1 Å². The molecule has 1 saturated carbocycles. The van der Waals surface area contributed by atoms with Crippen molar-refractivity contribution in [3.05, 3.63) is 29.8 Å². The van der Waals surface area contributed by atoms with Gasteiger partial charge in [0.2, 0.25) is 0 Å². The van der Waals surface area contributed by atoms with Gasteiger partial charge in [-0.1, -0.05) is 0 Å². The zero-order valence-corrected chi connectivity index (χ0v) is 12.7. The number of nitrogens with one attached hydrogen (secondary N) is 1. The van der Waals surface area contributed by atoms with Gasteiger partial charge in [-0.05, 0) is 38.1 Å². The van der Waals surface area contributed by atoms with Crippen LogP contribution in [-0.4, -0.2) is 22.8 Å². The highest BCUT2D eigenvalue weighted by atomic mass is 35.5. The van der Waals surface area contributed by atoms with Gasteiger partial charge in [-0.15, -0.1) is 23.2 Å². The van der Waals surface area contributed by atoms with Crippen molar-refractivity contribution in [2.24, 2.45) is 5.41 Å². The van der Waals surface area contributed by atoms with Crippen molar-refractivity contribution in [3.63, 3.8) is 0 Å². The lowest BCUT2D eigenvalue weighted by atomic mass is 10.1. The third-order valence-electron chi connectivity index (χ3n) is 3.37. The second-order valence-electron chi connectivity index (χ2n) is 4.99. The maximum atomic E-state index is 12.0. The van der Waals surface area contributed by atoms with Crippen molar-refractivity contribution in [1.29, 1.82) is 0 Å². The first kappa shape index (κ1) is 15.1. The first-order valence-electron chi connectivity index (χ1n) is 6.28. The Morgan fingerprint density at radius 3 is 2.30 bits per heavy atom. The molecule has 1 amide bonds. The summed E-state index contributed by atoms with van der Waals surface area (Å²) in [5.41, 5.74) is -0.359. The monoisotopic (exact) mass is 315 g/mol. The molecule has 1 aliphatic rings. The number of benzene rings is 1. The number of carbonyl (C=O) groups excluding carboxylic acids is 2. The number of hydrogen-bond donors (Lipinski definition) is 1. The third-order valence-corrected chi connectivity index (χ3v) is 4.47. The summed E-state index contributed by atoms with van der Waals surface area (Å²) in [5, 5.41) is 2.69. The van der Waals surface area contributed by atoms with Crippen LogP contribution in [0.1, 0.15) is 30.6 Å². The van der Waals surface area contributed by atoms with Crippen LogP contribution < -0.4 is 10.1 Å². The summed E-state index contributed by atoms with van der Waals surface area (Å²) in [7, 11) is 0. The summed E-state index contributed by atoms with van der Waals surface area (Å²) in [5.74, 6) is -0.270. The average molecular weight is 316 g/mol. The molecule has 0 heterocycles. The van der Waals surface area contributed by atoms with Crippen molar-refractivity contribution < 1.29 is 14.3 Å². The summed E-state index contributed by atoms with van der Waals surface area (Å²) < 4.78 is 4.18. The van der Waals surface area contributed by atoms with Crippen molar-refractivity contribution in [2.45, 2.75) is 24.6 Å². The van der Waals surface area contributed by atoms with E-state index in [1.807, 2.05) is 6.92 Å². The molecular formula is C14H15Cl2NO3. The highest BCUT2D eigenvalue weighted by Crippen LogP contribution is 2.64. The number of esters is 1. The normalized spacial score (nSPS) is 23.0. The van der Waals surface area contributed by atoms with Crippen molar-refractivity contribution in [1.82, 2.24) is 5.32 Å². The molecule has 4 nitrogen and oxygen atoms in total. The van der Waals surface area contributed by atoms with Crippen LogP contribution >= 0.6 is 23.2 Å². The van der Waals surface area contributed by atoms with Gasteiger partial charge in [0.05, 0.1) is 0 Å². The molecule has 0 aliphatic heterocycles. The molecule has 108 valence electrons. The van der Waals surface area contributed by atoms with Gasteiger partial charge in [0.25, 0.3) is 5.91 Å². The van der Waals surface area contributed by atoms with E-state index in [0.29, 0.717) is 24.3 Å². The van der Waals surface area contributed by atoms with Gasteiger partial charge >= 0.3 is 5.97 Å². The number of alkyl halides is 2. The smallest absolute Gasteiger partial charge is 0.320 e. The van der Waals surface area contributed by atoms with E-state index in [0.717, 1.165) is 0 Å². The van der Waals surface area contributed by atoms with E-state index >= 15 is 0 Å². The van der Waals surface area contributed by atoms with E-state index in [4.69, 9.17) is 27.9 Å². The number of amides is 1.